The molecule has 0 radical (unpaired) electrons. The average Bonchev–Trinajstić information content (AvgIpc) is 3.11. The van der Waals surface area contributed by atoms with Crippen molar-refractivity contribution < 1.29 is 19.2 Å². The Kier molecular flexibility index (Phi) is 7.38. The SMILES string of the molecule is CCCCc1noc(C)c1CCc1nc(C)c(OC(=O)NCC(C)(C)O)s1. The smallest absolute Gasteiger partial charge is 0.397 e. The summed E-state index contributed by atoms with van der Waals surface area (Å²) in [4.78, 5) is 16.4. The van der Waals surface area contributed by atoms with Crippen molar-refractivity contribution >= 4 is 17.4 Å². The van der Waals surface area contributed by atoms with E-state index in [1.807, 2.05) is 13.8 Å². The molecular formula is C19H29N3O4S. The summed E-state index contributed by atoms with van der Waals surface area (Å²) in [5.74, 6) is 0.858. The van der Waals surface area contributed by atoms with Crippen LogP contribution in [0.1, 0.15) is 61.3 Å². The molecule has 27 heavy (non-hydrogen) atoms. The first-order chi connectivity index (χ1) is 12.7. The molecule has 0 spiro atoms. The molecule has 0 unspecified atom stereocenters. The number of aromatic nitrogens is 2. The highest BCUT2D eigenvalue weighted by molar-refractivity contribution is 7.13. The summed E-state index contributed by atoms with van der Waals surface area (Å²) in [6.45, 7) is 9.26. The van der Waals surface area contributed by atoms with Crippen molar-refractivity contribution in [3.8, 4) is 5.06 Å². The van der Waals surface area contributed by atoms with E-state index in [2.05, 4.69) is 22.4 Å². The predicted octanol–water partition coefficient (Wildman–Crippen LogP) is 3.74. The summed E-state index contributed by atoms with van der Waals surface area (Å²) in [5, 5.41) is 17.8. The van der Waals surface area contributed by atoms with Crippen LogP contribution >= 0.6 is 11.3 Å². The molecule has 0 atom stereocenters. The molecule has 1 amide bonds. The first-order valence-corrected chi connectivity index (χ1v) is 10.1. The quantitative estimate of drug-likeness (QED) is 0.671. The Morgan fingerprint density at radius 2 is 2.04 bits per heavy atom. The van der Waals surface area contributed by atoms with Crippen molar-refractivity contribution in [3.63, 3.8) is 0 Å². The largest absolute Gasteiger partial charge is 0.413 e. The van der Waals surface area contributed by atoms with Crippen LogP contribution < -0.4 is 10.1 Å². The summed E-state index contributed by atoms with van der Waals surface area (Å²) in [6.07, 6.45) is 4.08. The maximum Gasteiger partial charge on any atom is 0.413 e. The van der Waals surface area contributed by atoms with E-state index >= 15 is 0 Å². The van der Waals surface area contributed by atoms with Gasteiger partial charge < -0.3 is 19.7 Å². The van der Waals surface area contributed by atoms with Crippen LogP contribution in [-0.2, 0) is 19.3 Å². The second-order valence-electron chi connectivity index (χ2n) is 7.30. The lowest BCUT2D eigenvalue weighted by Crippen LogP contribution is -2.39. The Labute approximate surface area is 164 Å². The first kappa shape index (κ1) is 21.4. The van der Waals surface area contributed by atoms with E-state index in [4.69, 9.17) is 9.26 Å². The molecule has 0 saturated carbocycles. The predicted molar refractivity (Wildman–Crippen MR) is 104 cm³/mol. The van der Waals surface area contributed by atoms with E-state index in [0.717, 1.165) is 54.1 Å². The third-order valence-electron chi connectivity index (χ3n) is 4.07. The minimum Gasteiger partial charge on any atom is -0.397 e. The fourth-order valence-corrected chi connectivity index (χ4v) is 3.49. The number of nitrogens with one attached hydrogen (secondary N) is 1. The molecule has 2 heterocycles. The third kappa shape index (κ3) is 6.62. The van der Waals surface area contributed by atoms with E-state index in [9.17, 15) is 9.90 Å². The molecule has 2 N–H and O–H groups in total. The number of carbonyl (C=O) groups excluding carboxylic acids is 1. The van der Waals surface area contributed by atoms with Crippen LogP contribution in [0.5, 0.6) is 5.06 Å². The van der Waals surface area contributed by atoms with E-state index in [-0.39, 0.29) is 6.54 Å². The molecule has 7 nitrogen and oxygen atoms in total. The van der Waals surface area contributed by atoms with Gasteiger partial charge in [0.2, 0.25) is 5.06 Å². The van der Waals surface area contributed by atoms with Crippen molar-refractivity contribution in [1.82, 2.24) is 15.5 Å². The normalized spacial score (nSPS) is 11.6. The Bertz CT molecular complexity index is 762. The second-order valence-corrected chi connectivity index (χ2v) is 8.35. The topological polar surface area (TPSA) is 97.5 Å². The molecule has 2 aromatic heterocycles. The van der Waals surface area contributed by atoms with Gasteiger partial charge in [-0.2, -0.15) is 0 Å². The molecule has 0 bridgehead atoms. The van der Waals surface area contributed by atoms with E-state index < -0.39 is 11.7 Å². The number of nitrogens with zero attached hydrogens (tertiary/aromatic N) is 2. The molecule has 0 aliphatic heterocycles. The van der Waals surface area contributed by atoms with Gasteiger partial charge in [0.15, 0.2) is 0 Å². The van der Waals surface area contributed by atoms with Crippen LogP contribution in [0, 0.1) is 13.8 Å². The minimum absolute atomic E-state index is 0.115. The zero-order valence-electron chi connectivity index (χ0n) is 16.7. The van der Waals surface area contributed by atoms with Gasteiger partial charge in [0.25, 0.3) is 0 Å². The Hall–Kier alpha value is -1.93. The van der Waals surface area contributed by atoms with Crippen molar-refractivity contribution in [1.29, 1.82) is 0 Å². The van der Waals surface area contributed by atoms with Crippen molar-refractivity contribution in [2.24, 2.45) is 0 Å². The highest BCUT2D eigenvalue weighted by atomic mass is 32.1. The van der Waals surface area contributed by atoms with E-state index in [1.165, 1.54) is 11.3 Å². The lowest BCUT2D eigenvalue weighted by Gasteiger charge is -2.16. The summed E-state index contributed by atoms with van der Waals surface area (Å²) >= 11 is 1.36. The number of aliphatic hydroxyl groups is 1. The number of hydrogen-bond acceptors (Lipinski definition) is 7. The summed E-state index contributed by atoms with van der Waals surface area (Å²) in [5.41, 5.74) is 1.88. The highest BCUT2D eigenvalue weighted by Crippen LogP contribution is 2.28. The van der Waals surface area contributed by atoms with Gasteiger partial charge in [-0.05, 0) is 47.0 Å². The Morgan fingerprint density at radius 3 is 2.70 bits per heavy atom. The van der Waals surface area contributed by atoms with Crippen LogP contribution in [0.2, 0.25) is 0 Å². The number of aryl methyl sites for hydroxylation is 4. The zero-order valence-corrected chi connectivity index (χ0v) is 17.5. The van der Waals surface area contributed by atoms with Crippen LogP contribution in [0.15, 0.2) is 4.52 Å². The molecule has 0 aliphatic carbocycles. The Balaban J connectivity index is 1.95. The van der Waals surface area contributed by atoms with Crippen molar-refractivity contribution in [2.45, 2.75) is 72.3 Å². The van der Waals surface area contributed by atoms with Crippen molar-refractivity contribution in [2.75, 3.05) is 6.54 Å². The van der Waals surface area contributed by atoms with Gasteiger partial charge >= 0.3 is 6.09 Å². The average molecular weight is 396 g/mol. The van der Waals surface area contributed by atoms with Gasteiger partial charge in [0.05, 0.1) is 22.0 Å². The monoisotopic (exact) mass is 395 g/mol. The lowest BCUT2D eigenvalue weighted by atomic mass is 10.0. The highest BCUT2D eigenvalue weighted by Gasteiger charge is 2.18. The standard InChI is InChI=1S/C19H29N3O4S/c1-6-7-8-15-14(13(3)26-22-15)9-10-16-21-12(2)17(27-16)25-18(23)20-11-19(4,5)24/h24H,6-11H2,1-5H3,(H,20,23). The number of thiazole rings is 1. The fourth-order valence-electron chi connectivity index (χ4n) is 2.58. The molecule has 0 fully saturated rings. The van der Waals surface area contributed by atoms with Gasteiger partial charge in [-0.25, -0.2) is 9.78 Å². The first-order valence-electron chi connectivity index (χ1n) is 9.28. The van der Waals surface area contributed by atoms with Crippen molar-refractivity contribution in [3.05, 3.63) is 27.7 Å². The number of carbonyl (C=O) groups is 1. The molecule has 0 aliphatic rings. The summed E-state index contributed by atoms with van der Waals surface area (Å²) in [6, 6.07) is 0. The fraction of sp³-hybridized carbons (Fsp3) is 0.632. The van der Waals surface area contributed by atoms with Gasteiger partial charge in [0.1, 0.15) is 5.76 Å². The molecule has 8 heteroatoms. The number of rotatable bonds is 9. The Morgan fingerprint density at radius 1 is 1.30 bits per heavy atom. The van der Waals surface area contributed by atoms with Gasteiger partial charge in [0, 0.05) is 18.5 Å². The van der Waals surface area contributed by atoms with Gasteiger partial charge in [-0.1, -0.05) is 29.8 Å². The zero-order chi connectivity index (χ0) is 20.0. The minimum atomic E-state index is -0.987. The summed E-state index contributed by atoms with van der Waals surface area (Å²) in [7, 11) is 0. The van der Waals surface area contributed by atoms with Crippen LogP contribution in [0.3, 0.4) is 0 Å². The van der Waals surface area contributed by atoms with E-state index in [1.54, 1.807) is 13.8 Å². The maximum absolute atomic E-state index is 11.9. The molecule has 150 valence electrons. The van der Waals surface area contributed by atoms with E-state index in [0.29, 0.717) is 10.8 Å². The number of ether oxygens (including phenoxy) is 1. The maximum atomic E-state index is 11.9. The van der Waals surface area contributed by atoms with Crippen LogP contribution in [0.25, 0.3) is 0 Å². The number of hydrogen-bond donors (Lipinski definition) is 2. The number of amides is 1. The molecular weight excluding hydrogens is 366 g/mol. The third-order valence-corrected chi connectivity index (χ3v) is 5.17. The van der Waals surface area contributed by atoms with Crippen LogP contribution in [-0.4, -0.2) is 33.5 Å². The van der Waals surface area contributed by atoms with Gasteiger partial charge in [-0.3, -0.25) is 0 Å². The molecule has 0 aromatic carbocycles. The van der Waals surface area contributed by atoms with Crippen LogP contribution in [0.4, 0.5) is 4.79 Å². The van der Waals surface area contributed by atoms with Gasteiger partial charge in [-0.15, -0.1) is 0 Å². The second kappa shape index (κ2) is 9.32. The molecule has 2 aromatic rings. The number of unbranched alkanes of at least 4 members (excludes halogenated alkanes) is 1. The molecule has 0 saturated heterocycles. The lowest BCUT2D eigenvalue weighted by molar-refractivity contribution is 0.0792. The summed E-state index contributed by atoms with van der Waals surface area (Å²) < 4.78 is 10.7. The molecule has 2 rings (SSSR count).